The van der Waals surface area contributed by atoms with Crippen molar-refractivity contribution < 1.29 is 0 Å². The maximum absolute atomic E-state index is 5.67. The number of fused-ring (bicyclic) bond motifs is 18. The minimum atomic E-state index is -0.130. The van der Waals surface area contributed by atoms with Gasteiger partial charge in [0.1, 0.15) is 0 Å². The van der Waals surface area contributed by atoms with E-state index < -0.39 is 0 Å². The maximum Gasteiger partial charge on any atom is 0.235 e. The lowest BCUT2D eigenvalue weighted by atomic mass is 9.82. The van der Waals surface area contributed by atoms with E-state index in [-0.39, 0.29) is 10.8 Å². The Bertz CT molecular complexity index is 6720. The summed E-state index contributed by atoms with van der Waals surface area (Å²) < 4.78 is 9.67. The van der Waals surface area contributed by atoms with Gasteiger partial charge < -0.3 is 13.7 Å². The van der Waals surface area contributed by atoms with Gasteiger partial charge in [0, 0.05) is 82.1 Å². The predicted molar refractivity (Wildman–Crippen MR) is 416 cm³/mol. The molecule has 0 unspecified atom stereocenters. The maximum atomic E-state index is 5.67. The van der Waals surface area contributed by atoms with E-state index in [9.17, 15) is 0 Å². The molecule has 0 saturated carbocycles. The van der Waals surface area contributed by atoms with Crippen LogP contribution < -0.4 is 0 Å². The molecule has 0 aliphatic heterocycles. The van der Waals surface area contributed by atoms with Crippen LogP contribution in [-0.2, 0) is 10.8 Å². The molecule has 0 radical (unpaired) electrons. The van der Waals surface area contributed by atoms with Crippen LogP contribution in [0.15, 0.2) is 315 Å². The lowest BCUT2D eigenvalue weighted by Crippen LogP contribution is -2.15. The van der Waals surface area contributed by atoms with Crippen molar-refractivity contribution in [3.63, 3.8) is 0 Å². The van der Waals surface area contributed by atoms with Crippen molar-refractivity contribution in [1.82, 2.24) is 28.2 Å². The number of hydrogen-bond acceptors (Lipinski definition) is 2. The average Bonchev–Trinajstić information content (AvgIpc) is 1.58. The van der Waals surface area contributed by atoms with Crippen molar-refractivity contribution in [3.05, 3.63) is 338 Å². The topological polar surface area (TPSA) is 45.5 Å². The summed E-state index contributed by atoms with van der Waals surface area (Å²) in [4.78, 5) is 11.2. The van der Waals surface area contributed by atoms with Crippen LogP contribution in [0.5, 0.6) is 0 Å². The summed E-state index contributed by atoms with van der Waals surface area (Å²) >= 11 is 0. The molecule has 0 spiro atoms. The quantitative estimate of drug-likeness (QED) is 0.152. The van der Waals surface area contributed by atoms with Crippen LogP contribution in [0.4, 0.5) is 0 Å². The summed E-state index contributed by atoms with van der Waals surface area (Å²) in [6, 6.07) is 117. The molecule has 6 heteroatoms. The van der Waals surface area contributed by atoms with Crippen LogP contribution in [0.25, 0.3) is 177 Å². The summed E-state index contributed by atoms with van der Waals surface area (Å²) in [7, 11) is 0. The minimum Gasteiger partial charge on any atom is -0.309 e. The molecule has 100 heavy (non-hydrogen) atoms. The largest absolute Gasteiger partial charge is 0.309 e. The van der Waals surface area contributed by atoms with Crippen molar-refractivity contribution in [1.29, 1.82) is 0 Å². The first kappa shape index (κ1) is 56.5. The highest BCUT2D eigenvalue weighted by Gasteiger charge is 2.37. The van der Waals surface area contributed by atoms with E-state index in [4.69, 9.17) is 9.97 Å². The molecule has 5 heterocycles. The molecule has 0 fully saturated rings. The standard InChI is InChI=1S/C94H64N6/c1-93(2)78-31-14-8-25-66(78)68-47-41-64(54-80(68)93)98-85-34-17-11-28-71(85)75-44-38-59(51-89(75)98)58-37-43-74-70-27-10-16-33-84(70)97(88(74)50-58)63-24-20-23-62(49-63)83-56-82(57-21-6-5-7-22-57)95-92(96-83)100-87-36-19-13-30-73(87)77-46-40-61(53-91(77)100)60-39-45-76-72-29-12-18-35-86(72)99(90(76)52-60)65-42-48-69-67-26-9-15-32-79(67)94(3,4)81(69)55-65/h5-56H,1-4H3. The van der Waals surface area contributed by atoms with E-state index in [1.54, 1.807) is 0 Å². The van der Waals surface area contributed by atoms with E-state index in [0.717, 1.165) is 89.0 Å². The second-order valence-corrected chi connectivity index (χ2v) is 28.5. The predicted octanol–water partition coefficient (Wildman–Crippen LogP) is 24.1. The van der Waals surface area contributed by atoms with Crippen LogP contribution in [0.1, 0.15) is 49.9 Å². The van der Waals surface area contributed by atoms with E-state index >= 15 is 0 Å². The summed E-state index contributed by atoms with van der Waals surface area (Å²) in [5.74, 6) is 0.602. The Labute approximate surface area is 578 Å². The molecular weight excluding hydrogens is 1210 g/mol. The average molecular weight is 1280 g/mol. The van der Waals surface area contributed by atoms with E-state index in [1.807, 2.05) is 0 Å². The highest BCUT2D eigenvalue weighted by molar-refractivity contribution is 6.15. The molecule has 6 nitrogen and oxygen atoms in total. The number of hydrogen-bond donors (Lipinski definition) is 0. The monoisotopic (exact) mass is 1280 g/mol. The van der Waals surface area contributed by atoms with Crippen LogP contribution >= 0.6 is 0 Å². The van der Waals surface area contributed by atoms with E-state index in [0.29, 0.717) is 5.95 Å². The number of nitrogens with zero attached hydrogens (tertiary/aromatic N) is 6. The minimum absolute atomic E-state index is 0.122. The second-order valence-electron chi connectivity index (χ2n) is 28.5. The molecular formula is C94H64N6. The van der Waals surface area contributed by atoms with Crippen LogP contribution in [-0.4, -0.2) is 28.2 Å². The highest BCUT2D eigenvalue weighted by atomic mass is 15.2. The summed E-state index contributed by atoms with van der Waals surface area (Å²) in [6.07, 6.45) is 0. The highest BCUT2D eigenvalue weighted by Crippen LogP contribution is 2.52. The molecule has 470 valence electrons. The van der Waals surface area contributed by atoms with Gasteiger partial charge in [-0.3, -0.25) is 4.57 Å². The van der Waals surface area contributed by atoms with Crippen molar-refractivity contribution in [2.45, 2.75) is 38.5 Å². The molecule has 14 aromatic carbocycles. The van der Waals surface area contributed by atoms with Gasteiger partial charge in [0.15, 0.2) is 0 Å². The fourth-order valence-electron chi connectivity index (χ4n) is 17.6. The molecule has 19 aromatic rings. The number of rotatable bonds is 8. The smallest absolute Gasteiger partial charge is 0.235 e. The van der Waals surface area contributed by atoms with Crippen molar-refractivity contribution in [2.75, 3.05) is 0 Å². The molecule has 5 aromatic heterocycles. The van der Waals surface area contributed by atoms with Gasteiger partial charge in [0.05, 0.1) is 55.5 Å². The first-order valence-electron chi connectivity index (χ1n) is 34.8. The zero-order chi connectivity index (χ0) is 66.3. The Morgan fingerprint density at radius 3 is 0.980 bits per heavy atom. The lowest BCUT2D eigenvalue weighted by molar-refractivity contribution is 0.660. The molecule has 0 atom stereocenters. The third kappa shape index (κ3) is 8.13. The van der Waals surface area contributed by atoms with Gasteiger partial charge in [0.25, 0.3) is 0 Å². The van der Waals surface area contributed by atoms with Crippen LogP contribution in [0.2, 0.25) is 0 Å². The van der Waals surface area contributed by atoms with Crippen molar-refractivity contribution in [2.24, 2.45) is 0 Å². The van der Waals surface area contributed by atoms with E-state index in [1.165, 1.54) is 105 Å². The van der Waals surface area contributed by atoms with Gasteiger partial charge in [-0.05, 0) is 158 Å². The van der Waals surface area contributed by atoms with Gasteiger partial charge >= 0.3 is 0 Å². The van der Waals surface area contributed by atoms with Crippen molar-refractivity contribution in [3.8, 4) is 90.0 Å². The molecule has 0 bridgehead atoms. The third-order valence-corrected chi connectivity index (χ3v) is 22.4. The molecule has 0 N–H and O–H groups in total. The van der Waals surface area contributed by atoms with E-state index in [2.05, 4.69) is 361 Å². The Balaban J connectivity index is 0.696. The van der Waals surface area contributed by atoms with Gasteiger partial charge in [0.2, 0.25) is 5.95 Å². The fraction of sp³-hybridized carbons (Fsp3) is 0.0638. The summed E-state index contributed by atoms with van der Waals surface area (Å²) in [6.45, 7) is 9.46. The second kappa shape index (κ2) is 20.9. The Morgan fingerprint density at radius 1 is 0.210 bits per heavy atom. The zero-order valence-electron chi connectivity index (χ0n) is 55.7. The Hall–Kier alpha value is -12.6. The van der Waals surface area contributed by atoms with Crippen molar-refractivity contribution >= 4 is 87.2 Å². The third-order valence-electron chi connectivity index (χ3n) is 22.4. The summed E-state index contributed by atoms with van der Waals surface area (Å²) in [5.41, 5.74) is 31.2. The van der Waals surface area contributed by atoms with Gasteiger partial charge in [-0.2, -0.15) is 0 Å². The summed E-state index contributed by atoms with van der Waals surface area (Å²) in [5, 5.41) is 9.60. The first-order valence-corrected chi connectivity index (χ1v) is 34.8. The lowest BCUT2D eigenvalue weighted by Gasteiger charge is -2.22. The van der Waals surface area contributed by atoms with Gasteiger partial charge in [-0.15, -0.1) is 0 Å². The number of para-hydroxylation sites is 4. The fourth-order valence-corrected chi connectivity index (χ4v) is 17.6. The Morgan fingerprint density at radius 2 is 0.540 bits per heavy atom. The van der Waals surface area contributed by atoms with Crippen LogP contribution in [0.3, 0.4) is 0 Å². The van der Waals surface area contributed by atoms with Gasteiger partial charge in [-0.1, -0.05) is 252 Å². The molecule has 0 saturated heterocycles. The SMILES string of the molecule is CC1(C)c2ccccc2-c2ccc(-n3c4ccccc4c4ccc(-c5ccc6c7ccccc7n(-c7cccc(-c8cc(-c9ccccc9)nc(-n9c%10ccccc%10c%10ccc(-c%11ccc%12c%13ccccc%13n(-c%13ccc%14c(c%13)C(C)(C)c%13ccccc%13-%14)c%12c%11)cc%109)n8)c7)c6c5)cc43)cc21. The molecule has 2 aliphatic rings. The Kier molecular flexibility index (Phi) is 11.8. The zero-order valence-corrected chi connectivity index (χ0v) is 55.7. The number of benzene rings is 14. The number of aromatic nitrogens is 6. The molecule has 0 amide bonds. The van der Waals surface area contributed by atoms with Gasteiger partial charge in [-0.25, -0.2) is 9.97 Å². The van der Waals surface area contributed by atoms with Crippen LogP contribution in [0, 0.1) is 0 Å². The normalized spacial score (nSPS) is 13.6. The molecule has 2 aliphatic carbocycles. The molecule has 21 rings (SSSR count). The first-order chi connectivity index (χ1) is 49.1.